The second-order valence-electron chi connectivity index (χ2n) is 6.49. The van der Waals surface area contributed by atoms with Crippen molar-refractivity contribution in [2.24, 2.45) is 5.73 Å². The van der Waals surface area contributed by atoms with Gasteiger partial charge in [0.05, 0.1) is 5.56 Å². The van der Waals surface area contributed by atoms with Crippen molar-refractivity contribution in [1.29, 1.82) is 0 Å². The normalized spacial score (nSPS) is 16.2. The van der Waals surface area contributed by atoms with Crippen LogP contribution in [0.15, 0.2) is 6.07 Å². The van der Waals surface area contributed by atoms with Gasteiger partial charge in [0.2, 0.25) is 0 Å². The number of hydrogen-bond donors (Lipinski definition) is 2. The lowest BCUT2D eigenvalue weighted by Crippen LogP contribution is -2.44. The van der Waals surface area contributed by atoms with Gasteiger partial charge in [-0.05, 0) is 20.8 Å². The van der Waals surface area contributed by atoms with Crippen molar-refractivity contribution in [1.82, 2.24) is 4.90 Å². The minimum absolute atomic E-state index is 0.0209. The summed E-state index contributed by atoms with van der Waals surface area (Å²) in [6.45, 7) is 6.68. The Morgan fingerprint density at radius 3 is 2.39 bits per heavy atom. The number of thiophene rings is 1. The molecule has 0 radical (unpaired) electrons. The first-order chi connectivity index (χ1) is 10.7. The number of likely N-dealkylation sites (tertiary alicyclic amines) is 1. The van der Waals surface area contributed by atoms with E-state index in [9.17, 15) is 9.59 Å². The number of rotatable bonds is 3. The predicted molar refractivity (Wildman–Crippen MR) is 88.7 cm³/mol. The summed E-state index contributed by atoms with van der Waals surface area (Å²) in [5.41, 5.74) is 10.8. The van der Waals surface area contributed by atoms with Crippen LogP contribution in [0.1, 0.15) is 44.0 Å². The van der Waals surface area contributed by atoms with Crippen molar-refractivity contribution in [3.05, 3.63) is 11.6 Å². The van der Waals surface area contributed by atoms with E-state index >= 15 is 0 Å². The van der Waals surface area contributed by atoms with Crippen LogP contribution >= 0.6 is 11.3 Å². The maximum atomic E-state index is 12.0. The molecule has 1 fully saturated rings. The predicted octanol–water partition coefficient (Wildman–Crippen LogP) is 2.21. The fourth-order valence-corrected chi connectivity index (χ4v) is 3.13. The molecule has 0 aliphatic carbocycles. The largest absolute Gasteiger partial charge is 0.481 e. The number of nitrogen functional groups attached to an aromatic ring is 1. The third kappa shape index (κ3) is 4.75. The maximum Gasteiger partial charge on any atom is 0.410 e. The Hall–Kier alpha value is -1.96. The number of nitrogens with zero attached hydrogens (tertiary/aromatic N) is 1. The van der Waals surface area contributed by atoms with Crippen molar-refractivity contribution in [3.8, 4) is 5.06 Å². The molecule has 1 saturated heterocycles. The zero-order chi connectivity index (χ0) is 17.2. The van der Waals surface area contributed by atoms with Gasteiger partial charge in [0.15, 0.2) is 5.06 Å². The van der Waals surface area contributed by atoms with Crippen molar-refractivity contribution >= 4 is 28.3 Å². The Morgan fingerprint density at radius 1 is 1.30 bits per heavy atom. The highest BCUT2D eigenvalue weighted by atomic mass is 32.1. The molecule has 0 saturated carbocycles. The topological polar surface area (TPSA) is 108 Å². The van der Waals surface area contributed by atoms with Crippen molar-refractivity contribution in [3.63, 3.8) is 0 Å². The highest BCUT2D eigenvalue weighted by Crippen LogP contribution is 2.33. The van der Waals surface area contributed by atoms with Crippen LogP contribution in [0.5, 0.6) is 5.06 Å². The highest BCUT2D eigenvalue weighted by Gasteiger charge is 2.28. The zero-order valence-electron chi connectivity index (χ0n) is 13.6. The van der Waals surface area contributed by atoms with E-state index in [0.717, 1.165) is 0 Å². The molecular weight excluding hydrogens is 318 g/mol. The Bertz CT molecular complexity index is 586. The van der Waals surface area contributed by atoms with E-state index in [1.807, 2.05) is 20.8 Å². The number of carbonyl (C=O) groups is 2. The zero-order valence-corrected chi connectivity index (χ0v) is 14.4. The van der Waals surface area contributed by atoms with Gasteiger partial charge in [-0.2, -0.15) is 0 Å². The van der Waals surface area contributed by atoms with Gasteiger partial charge in [-0.15, -0.1) is 0 Å². The number of nitrogens with two attached hydrogens (primary N) is 2. The van der Waals surface area contributed by atoms with E-state index in [1.54, 1.807) is 11.0 Å². The fourth-order valence-electron chi connectivity index (χ4n) is 2.28. The Morgan fingerprint density at radius 2 is 1.91 bits per heavy atom. The lowest BCUT2D eigenvalue weighted by molar-refractivity contribution is 0.0129. The van der Waals surface area contributed by atoms with Crippen molar-refractivity contribution in [2.45, 2.75) is 45.3 Å². The molecule has 0 spiro atoms. The van der Waals surface area contributed by atoms with Gasteiger partial charge in [-0.25, -0.2) is 4.79 Å². The van der Waals surface area contributed by atoms with Crippen molar-refractivity contribution < 1.29 is 19.1 Å². The Kier molecular flexibility index (Phi) is 5.03. The summed E-state index contributed by atoms with van der Waals surface area (Å²) in [6, 6.07) is 1.57. The fraction of sp³-hybridized carbons (Fsp3) is 0.600. The first kappa shape index (κ1) is 17.4. The average Bonchev–Trinajstić information content (AvgIpc) is 2.78. The Labute approximate surface area is 139 Å². The molecular formula is C15H23N3O4S. The van der Waals surface area contributed by atoms with E-state index in [0.29, 0.717) is 36.0 Å². The number of anilines is 1. The monoisotopic (exact) mass is 341 g/mol. The van der Waals surface area contributed by atoms with Gasteiger partial charge in [-0.1, -0.05) is 11.3 Å². The lowest BCUT2D eigenvalue weighted by Gasteiger charge is -2.33. The molecule has 23 heavy (non-hydrogen) atoms. The minimum atomic E-state index is -0.562. The molecule has 1 aromatic rings. The van der Waals surface area contributed by atoms with Crippen molar-refractivity contribution in [2.75, 3.05) is 18.8 Å². The third-order valence-corrected chi connectivity index (χ3v) is 4.24. The van der Waals surface area contributed by atoms with E-state index in [4.69, 9.17) is 20.9 Å². The van der Waals surface area contributed by atoms with Gasteiger partial charge in [0.1, 0.15) is 16.7 Å². The molecule has 2 amide bonds. The standard InChI is InChI=1S/C15H23N3O4S/c1-15(2,3)22-14(20)18-6-4-9(5-7-18)21-11-8-10(12(16)19)13(17)23-11/h8-9H,4-7,17H2,1-3H3,(H2,16,19). The molecule has 1 aliphatic rings. The molecule has 7 nitrogen and oxygen atoms in total. The first-order valence-electron chi connectivity index (χ1n) is 7.49. The molecule has 4 N–H and O–H groups in total. The van der Waals surface area contributed by atoms with Crippen LogP contribution in [-0.2, 0) is 4.74 Å². The van der Waals surface area contributed by atoms with Crippen LogP contribution in [-0.4, -0.2) is 41.7 Å². The summed E-state index contributed by atoms with van der Waals surface area (Å²) in [5, 5.41) is 0.936. The number of hydrogen-bond acceptors (Lipinski definition) is 6. The molecule has 0 unspecified atom stereocenters. The second kappa shape index (κ2) is 6.66. The maximum absolute atomic E-state index is 12.0. The van der Waals surface area contributed by atoms with Crippen LogP contribution in [0.4, 0.5) is 9.80 Å². The molecule has 0 aromatic carbocycles. The number of piperidine rings is 1. The van der Waals surface area contributed by atoms with Gasteiger partial charge >= 0.3 is 6.09 Å². The summed E-state index contributed by atoms with van der Waals surface area (Å²) in [4.78, 5) is 24.9. The average molecular weight is 341 g/mol. The number of primary amides is 1. The second-order valence-corrected chi connectivity index (χ2v) is 7.54. The molecule has 2 rings (SSSR count). The molecule has 1 aliphatic heterocycles. The molecule has 8 heteroatoms. The molecule has 2 heterocycles. The summed E-state index contributed by atoms with van der Waals surface area (Å²) in [7, 11) is 0. The number of ether oxygens (including phenoxy) is 2. The lowest BCUT2D eigenvalue weighted by atomic mass is 10.1. The SMILES string of the molecule is CC(C)(C)OC(=O)N1CCC(Oc2cc(C(N)=O)c(N)s2)CC1. The highest BCUT2D eigenvalue weighted by molar-refractivity contribution is 7.18. The summed E-state index contributed by atoms with van der Waals surface area (Å²) in [6.07, 6.45) is 1.08. The van der Waals surface area contributed by atoms with Crippen LogP contribution in [0, 0.1) is 0 Å². The Balaban J connectivity index is 1.86. The van der Waals surface area contributed by atoms with E-state index in [1.165, 1.54) is 11.3 Å². The van der Waals surface area contributed by atoms with E-state index in [2.05, 4.69) is 0 Å². The summed E-state index contributed by atoms with van der Waals surface area (Å²) >= 11 is 1.20. The molecule has 128 valence electrons. The molecule has 0 atom stereocenters. The third-order valence-electron chi connectivity index (χ3n) is 3.38. The summed E-state index contributed by atoms with van der Waals surface area (Å²) < 4.78 is 11.2. The smallest absolute Gasteiger partial charge is 0.410 e. The van der Waals surface area contributed by atoms with Gasteiger partial charge in [-0.3, -0.25) is 4.79 Å². The van der Waals surface area contributed by atoms with Crippen LogP contribution < -0.4 is 16.2 Å². The molecule has 0 bridgehead atoms. The number of carbonyl (C=O) groups excluding carboxylic acids is 2. The van der Waals surface area contributed by atoms with Crippen LogP contribution in [0.2, 0.25) is 0 Å². The van der Waals surface area contributed by atoms with Gasteiger partial charge in [0.25, 0.3) is 5.91 Å². The van der Waals surface area contributed by atoms with Crippen LogP contribution in [0.25, 0.3) is 0 Å². The first-order valence-corrected chi connectivity index (χ1v) is 8.31. The summed E-state index contributed by atoms with van der Waals surface area (Å²) in [5.74, 6) is -0.562. The van der Waals surface area contributed by atoms with Crippen LogP contribution in [0.3, 0.4) is 0 Å². The van der Waals surface area contributed by atoms with Gasteiger partial charge < -0.3 is 25.8 Å². The van der Waals surface area contributed by atoms with Gasteiger partial charge in [0, 0.05) is 32.0 Å². The quantitative estimate of drug-likeness (QED) is 0.876. The number of amides is 2. The minimum Gasteiger partial charge on any atom is -0.481 e. The van der Waals surface area contributed by atoms with E-state index < -0.39 is 11.5 Å². The molecule has 1 aromatic heterocycles. The van der Waals surface area contributed by atoms with E-state index in [-0.39, 0.29) is 17.8 Å².